The number of imidazole rings is 1. The zero-order valence-corrected chi connectivity index (χ0v) is 12.9. The van der Waals surface area contributed by atoms with Gasteiger partial charge in [-0.15, -0.1) is 0 Å². The van der Waals surface area contributed by atoms with E-state index in [0.717, 1.165) is 25.3 Å². The van der Waals surface area contributed by atoms with Crippen LogP contribution in [0.1, 0.15) is 35.3 Å². The second-order valence-corrected chi connectivity index (χ2v) is 5.64. The van der Waals surface area contributed by atoms with Crippen molar-refractivity contribution in [2.45, 2.75) is 18.9 Å². The van der Waals surface area contributed by atoms with Crippen LogP contribution in [-0.2, 0) is 18.8 Å². The number of hydrogen-bond donors (Lipinski definition) is 1. The third-order valence-corrected chi connectivity index (χ3v) is 4.14. The average Bonchev–Trinajstić information content (AvgIpc) is 3.13. The molecule has 2 atom stereocenters. The number of carbonyl (C=O) groups excluding carboxylic acids is 1. The third-order valence-electron chi connectivity index (χ3n) is 4.14. The van der Waals surface area contributed by atoms with Crippen LogP contribution in [0, 0.1) is 5.92 Å². The standard InChI is InChI=1S/C15H21N5O2/c1-19-8-7-16-14(19)13-11(4-3-9-22-13)10-17-15(21)12-5-6-18-20(12)2/h5-8,11,13H,3-4,9-10H2,1-2H3,(H,17,21)/t11-,13+/m0/s1. The van der Waals surface area contributed by atoms with Crippen LogP contribution in [0.3, 0.4) is 0 Å². The third kappa shape index (κ3) is 2.89. The Hall–Kier alpha value is -2.15. The minimum Gasteiger partial charge on any atom is -0.370 e. The largest absolute Gasteiger partial charge is 0.370 e. The monoisotopic (exact) mass is 303 g/mol. The van der Waals surface area contributed by atoms with Gasteiger partial charge in [0.05, 0.1) is 0 Å². The first-order valence-corrected chi connectivity index (χ1v) is 7.52. The average molecular weight is 303 g/mol. The number of amides is 1. The molecule has 0 radical (unpaired) electrons. The molecule has 22 heavy (non-hydrogen) atoms. The van der Waals surface area contributed by atoms with Crippen LogP contribution in [0.15, 0.2) is 24.7 Å². The Balaban J connectivity index is 1.66. The molecule has 1 saturated heterocycles. The summed E-state index contributed by atoms with van der Waals surface area (Å²) in [5, 5.41) is 7.01. The highest BCUT2D eigenvalue weighted by Gasteiger charge is 2.30. The highest BCUT2D eigenvalue weighted by molar-refractivity contribution is 5.92. The van der Waals surface area contributed by atoms with Gasteiger partial charge in [0.1, 0.15) is 17.6 Å². The maximum atomic E-state index is 12.2. The van der Waals surface area contributed by atoms with E-state index < -0.39 is 0 Å². The van der Waals surface area contributed by atoms with Crippen LogP contribution in [0.2, 0.25) is 0 Å². The summed E-state index contributed by atoms with van der Waals surface area (Å²) in [5.41, 5.74) is 0.560. The lowest BCUT2D eigenvalue weighted by Crippen LogP contribution is -2.36. The maximum absolute atomic E-state index is 12.2. The molecule has 1 N–H and O–H groups in total. The fourth-order valence-electron chi connectivity index (χ4n) is 2.90. The number of nitrogens with zero attached hydrogens (tertiary/aromatic N) is 4. The Morgan fingerprint density at radius 1 is 1.45 bits per heavy atom. The van der Waals surface area contributed by atoms with Crippen LogP contribution < -0.4 is 5.32 Å². The predicted octanol–water partition coefficient (Wildman–Crippen LogP) is 1.05. The summed E-state index contributed by atoms with van der Waals surface area (Å²) < 4.78 is 9.46. The Kier molecular flexibility index (Phi) is 4.24. The van der Waals surface area contributed by atoms with Crippen molar-refractivity contribution in [1.29, 1.82) is 0 Å². The fraction of sp³-hybridized carbons (Fsp3) is 0.533. The molecule has 1 aliphatic heterocycles. The minimum absolute atomic E-state index is 0.0689. The molecule has 118 valence electrons. The van der Waals surface area contributed by atoms with Gasteiger partial charge in [0.2, 0.25) is 0 Å². The van der Waals surface area contributed by atoms with Crippen LogP contribution in [0.4, 0.5) is 0 Å². The van der Waals surface area contributed by atoms with E-state index in [0.29, 0.717) is 12.2 Å². The van der Waals surface area contributed by atoms with E-state index in [1.54, 1.807) is 30.2 Å². The van der Waals surface area contributed by atoms with Crippen LogP contribution in [0.25, 0.3) is 0 Å². The first-order valence-electron chi connectivity index (χ1n) is 7.52. The summed E-state index contributed by atoms with van der Waals surface area (Å²) in [4.78, 5) is 16.6. The molecule has 3 rings (SSSR count). The Morgan fingerprint density at radius 2 is 2.32 bits per heavy atom. The molecule has 2 aromatic heterocycles. The molecular formula is C15H21N5O2. The van der Waals surface area contributed by atoms with Gasteiger partial charge in [-0.1, -0.05) is 0 Å². The first kappa shape index (κ1) is 14.8. The first-order chi connectivity index (χ1) is 10.7. The van der Waals surface area contributed by atoms with Crippen LogP contribution in [0.5, 0.6) is 0 Å². The van der Waals surface area contributed by atoms with E-state index in [9.17, 15) is 4.79 Å². The second kappa shape index (κ2) is 6.31. The molecule has 0 aliphatic carbocycles. The van der Waals surface area contributed by atoms with E-state index in [2.05, 4.69) is 15.4 Å². The van der Waals surface area contributed by atoms with E-state index >= 15 is 0 Å². The molecular weight excluding hydrogens is 282 g/mol. The van der Waals surface area contributed by atoms with Gasteiger partial charge in [-0.3, -0.25) is 9.48 Å². The molecule has 0 spiro atoms. The molecule has 2 aromatic rings. The number of rotatable bonds is 4. The summed E-state index contributed by atoms with van der Waals surface area (Å²) in [6.07, 6.45) is 7.27. The number of aromatic nitrogens is 4. The number of hydrogen-bond acceptors (Lipinski definition) is 4. The maximum Gasteiger partial charge on any atom is 0.269 e. The number of aryl methyl sites for hydroxylation is 2. The molecule has 3 heterocycles. The molecule has 0 unspecified atom stereocenters. The van der Waals surface area contributed by atoms with Gasteiger partial charge in [-0.25, -0.2) is 4.98 Å². The summed E-state index contributed by atoms with van der Waals surface area (Å²) in [5.74, 6) is 1.04. The Bertz CT molecular complexity index is 648. The van der Waals surface area contributed by atoms with Gasteiger partial charge in [0, 0.05) is 51.8 Å². The van der Waals surface area contributed by atoms with Crippen LogP contribution >= 0.6 is 0 Å². The topological polar surface area (TPSA) is 74.0 Å². The van der Waals surface area contributed by atoms with E-state index in [1.165, 1.54) is 0 Å². The summed E-state index contributed by atoms with van der Waals surface area (Å²) in [6, 6.07) is 1.71. The van der Waals surface area contributed by atoms with Crippen molar-refractivity contribution in [1.82, 2.24) is 24.6 Å². The number of ether oxygens (including phenoxy) is 1. The number of nitrogens with one attached hydrogen (secondary N) is 1. The Morgan fingerprint density at radius 3 is 3.00 bits per heavy atom. The lowest BCUT2D eigenvalue weighted by Gasteiger charge is -2.31. The summed E-state index contributed by atoms with van der Waals surface area (Å²) >= 11 is 0. The number of carbonyl (C=O) groups is 1. The van der Waals surface area contributed by atoms with Gasteiger partial charge in [0.15, 0.2) is 0 Å². The van der Waals surface area contributed by atoms with Crippen molar-refractivity contribution >= 4 is 5.91 Å². The van der Waals surface area contributed by atoms with Crippen molar-refractivity contribution in [2.24, 2.45) is 20.0 Å². The van der Waals surface area contributed by atoms with E-state index in [4.69, 9.17) is 4.74 Å². The predicted molar refractivity (Wildman–Crippen MR) is 80.2 cm³/mol. The van der Waals surface area contributed by atoms with Crippen molar-refractivity contribution in [3.63, 3.8) is 0 Å². The van der Waals surface area contributed by atoms with E-state index in [-0.39, 0.29) is 17.9 Å². The summed E-state index contributed by atoms with van der Waals surface area (Å²) in [7, 11) is 3.72. The fourth-order valence-corrected chi connectivity index (χ4v) is 2.90. The van der Waals surface area contributed by atoms with Crippen molar-refractivity contribution < 1.29 is 9.53 Å². The minimum atomic E-state index is -0.107. The molecule has 0 bridgehead atoms. The Labute approximate surface area is 129 Å². The molecule has 0 aromatic carbocycles. The van der Waals surface area contributed by atoms with Gasteiger partial charge >= 0.3 is 0 Å². The van der Waals surface area contributed by atoms with Crippen LogP contribution in [-0.4, -0.2) is 38.4 Å². The molecule has 1 amide bonds. The smallest absolute Gasteiger partial charge is 0.269 e. The normalized spacial score (nSPS) is 21.7. The van der Waals surface area contributed by atoms with E-state index in [1.807, 2.05) is 17.8 Å². The highest BCUT2D eigenvalue weighted by atomic mass is 16.5. The van der Waals surface area contributed by atoms with Gasteiger partial charge in [-0.05, 0) is 18.9 Å². The highest BCUT2D eigenvalue weighted by Crippen LogP contribution is 2.32. The quantitative estimate of drug-likeness (QED) is 0.916. The zero-order chi connectivity index (χ0) is 15.5. The molecule has 7 heteroatoms. The zero-order valence-electron chi connectivity index (χ0n) is 12.9. The molecule has 0 saturated carbocycles. The van der Waals surface area contributed by atoms with Crippen molar-refractivity contribution in [2.75, 3.05) is 13.2 Å². The molecule has 7 nitrogen and oxygen atoms in total. The second-order valence-electron chi connectivity index (χ2n) is 5.64. The lowest BCUT2D eigenvalue weighted by atomic mass is 9.93. The van der Waals surface area contributed by atoms with Crippen molar-refractivity contribution in [3.05, 3.63) is 36.2 Å². The van der Waals surface area contributed by atoms with Gasteiger partial charge in [-0.2, -0.15) is 5.10 Å². The summed E-state index contributed by atoms with van der Waals surface area (Å²) in [6.45, 7) is 1.31. The molecule has 1 fully saturated rings. The van der Waals surface area contributed by atoms with Gasteiger partial charge in [0.25, 0.3) is 5.91 Å². The van der Waals surface area contributed by atoms with Crippen molar-refractivity contribution in [3.8, 4) is 0 Å². The molecule has 1 aliphatic rings. The lowest BCUT2D eigenvalue weighted by molar-refractivity contribution is -0.0338. The SMILES string of the molecule is Cn1ccnc1[C@@H]1OCCC[C@H]1CNC(=O)c1ccnn1C. The van der Waals surface area contributed by atoms with Gasteiger partial charge < -0.3 is 14.6 Å².